The number of rotatable bonds is 7. The zero-order chi connectivity index (χ0) is 22.0. The summed E-state index contributed by atoms with van der Waals surface area (Å²) in [5, 5.41) is 30.6. The molecule has 1 fully saturated rings. The molecule has 0 bridgehead atoms. The average Bonchev–Trinajstić information content (AvgIpc) is 3.30. The van der Waals surface area contributed by atoms with E-state index in [1.807, 2.05) is 30.3 Å². The Kier molecular flexibility index (Phi) is 8.12. The van der Waals surface area contributed by atoms with E-state index in [0.717, 1.165) is 36.0 Å². The average molecular weight is 444 g/mol. The van der Waals surface area contributed by atoms with Crippen LogP contribution in [-0.2, 0) is 10.2 Å². The number of aliphatic carboxylic acids is 1. The largest absolute Gasteiger partial charge is 1.00 e. The van der Waals surface area contributed by atoms with Gasteiger partial charge in [0.05, 0.1) is 12.2 Å². The van der Waals surface area contributed by atoms with Crippen LogP contribution in [0.15, 0.2) is 66.3 Å². The predicted molar refractivity (Wildman–Crippen MR) is 114 cm³/mol. The fourth-order valence-corrected chi connectivity index (χ4v) is 5.15. The minimum absolute atomic E-state index is 0. The summed E-state index contributed by atoms with van der Waals surface area (Å²) in [7, 11) is 0. The Labute approximate surface area is 209 Å². The molecule has 0 aromatic heterocycles. The van der Waals surface area contributed by atoms with Crippen LogP contribution in [0, 0.1) is 5.82 Å². The summed E-state index contributed by atoms with van der Waals surface area (Å²) in [6.07, 6.45) is 5.85. The second-order valence-electron chi connectivity index (χ2n) is 8.65. The standard InChI is InChI=1S/C26H27FO4.Na/c27-21-8-5-17(6-9-21)19-11-12-26(16-19)20(13-18-3-1-2-4-24(18)26)7-10-22(28)14-23(29)15-25(30)31;/h1-10,13,19,22-23,28-29H,11-12,14-16H2,(H,30,31);/q;+1/p-1/b10-7+;. The number of carboxylic acid groups (broad SMARTS) is 1. The van der Waals surface area contributed by atoms with Gasteiger partial charge in [0.15, 0.2) is 0 Å². The summed E-state index contributed by atoms with van der Waals surface area (Å²) < 4.78 is 13.4. The minimum Gasteiger partial charge on any atom is -0.550 e. The molecule has 2 aliphatic rings. The van der Waals surface area contributed by atoms with Crippen LogP contribution in [0.5, 0.6) is 0 Å². The summed E-state index contributed by atoms with van der Waals surface area (Å²) in [6.45, 7) is 0. The fraction of sp³-hybridized carbons (Fsp3) is 0.346. The zero-order valence-corrected chi connectivity index (χ0v) is 20.2. The molecular weight excluding hydrogens is 418 g/mol. The number of halogens is 1. The first-order valence-corrected chi connectivity index (χ1v) is 10.7. The summed E-state index contributed by atoms with van der Waals surface area (Å²) >= 11 is 0. The maximum atomic E-state index is 13.4. The quantitative estimate of drug-likeness (QED) is 0.600. The van der Waals surface area contributed by atoms with Crippen LogP contribution in [0.3, 0.4) is 0 Å². The minimum atomic E-state index is -1.34. The number of allylic oxidation sites excluding steroid dienone is 2. The molecule has 0 heterocycles. The number of fused-ring (bicyclic) bond motifs is 2. The third kappa shape index (κ3) is 5.24. The molecule has 4 atom stereocenters. The fourth-order valence-electron chi connectivity index (χ4n) is 5.15. The summed E-state index contributed by atoms with van der Waals surface area (Å²) in [4.78, 5) is 10.6. The van der Waals surface area contributed by atoms with Gasteiger partial charge < -0.3 is 20.1 Å². The van der Waals surface area contributed by atoms with Gasteiger partial charge in [-0.1, -0.05) is 54.6 Å². The van der Waals surface area contributed by atoms with E-state index in [0.29, 0.717) is 5.92 Å². The topological polar surface area (TPSA) is 80.6 Å². The Hall–Kier alpha value is -1.76. The van der Waals surface area contributed by atoms with Gasteiger partial charge in [-0.15, -0.1) is 0 Å². The normalized spacial score (nSPS) is 23.6. The van der Waals surface area contributed by atoms with Crippen molar-refractivity contribution in [2.24, 2.45) is 0 Å². The molecule has 162 valence electrons. The van der Waals surface area contributed by atoms with Gasteiger partial charge in [0, 0.05) is 24.2 Å². The number of carbonyl (C=O) groups excluding carboxylic acids is 1. The van der Waals surface area contributed by atoms with E-state index in [4.69, 9.17) is 0 Å². The van der Waals surface area contributed by atoms with Crippen molar-refractivity contribution in [2.45, 2.75) is 55.6 Å². The number of carbonyl (C=O) groups is 1. The molecule has 4 nitrogen and oxygen atoms in total. The van der Waals surface area contributed by atoms with Crippen LogP contribution in [0.4, 0.5) is 4.39 Å². The van der Waals surface area contributed by atoms with Crippen LogP contribution in [0.25, 0.3) is 6.08 Å². The van der Waals surface area contributed by atoms with E-state index in [-0.39, 0.29) is 47.2 Å². The summed E-state index contributed by atoms with van der Waals surface area (Å²) in [6, 6.07) is 15.0. The Morgan fingerprint density at radius 2 is 1.91 bits per heavy atom. The van der Waals surface area contributed by atoms with Crippen molar-refractivity contribution in [3.8, 4) is 0 Å². The molecular formula is C26H26FNaO4. The third-order valence-electron chi connectivity index (χ3n) is 6.61. The van der Waals surface area contributed by atoms with E-state index in [1.165, 1.54) is 17.7 Å². The maximum Gasteiger partial charge on any atom is 1.00 e. The molecule has 2 aromatic carbocycles. The van der Waals surface area contributed by atoms with E-state index in [2.05, 4.69) is 18.2 Å². The van der Waals surface area contributed by atoms with Gasteiger partial charge in [0.2, 0.25) is 0 Å². The van der Waals surface area contributed by atoms with Crippen molar-refractivity contribution < 1.29 is 54.1 Å². The SMILES string of the molecule is O=C([O-])CC(O)CC(O)/C=C/C1=Cc2ccccc2C12CCC(c1ccc(F)cc1)C2.[Na+]. The van der Waals surface area contributed by atoms with E-state index >= 15 is 0 Å². The van der Waals surface area contributed by atoms with Gasteiger partial charge in [-0.25, -0.2) is 4.39 Å². The molecule has 0 aliphatic heterocycles. The molecule has 6 heteroatoms. The van der Waals surface area contributed by atoms with Crippen LogP contribution < -0.4 is 34.7 Å². The molecule has 2 aliphatic carbocycles. The van der Waals surface area contributed by atoms with Crippen molar-refractivity contribution in [1.29, 1.82) is 0 Å². The number of aliphatic hydroxyl groups excluding tert-OH is 2. The van der Waals surface area contributed by atoms with Gasteiger partial charge in [-0.3, -0.25) is 0 Å². The molecule has 2 N–H and O–H groups in total. The molecule has 32 heavy (non-hydrogen) atoms. The van der Waals surface area contributed by atoms with Gasteiger partial charge in [-0.05, 0) is 59.6 Å². The van der Waals surface area contributed by atoms with Crippen molar-refractivity contribution in [3.05, 3.63) is 88.8 Å². The Balaban J connectivity index is 0.00000289. The van der Waals surface area contributed by atoms with Crippen molar-refractivity contribution in [3.63, 3.8) is 0 Å². The molecule has 0 amide bonds. The number of hydrogen-bond donors (Lipinski definition) is 2. The van der Waals surface area contributed by atoms with Crippen molar-refractivity contribution >= 4 is 12.0 Å². The molecule has 1 spiro atoms. The van der Waals surface area contributed by atoms with Gasteiger partial charge in [0.25, 0.3) is 0 Å². The third-order valence-corrected chi connectivity index (χ3v) is 6.61. The maximum absolute atomic E-state index is 13.4. The van der Waals surface area contributed by atoms with Crippen molar-refractivity contribution in [2.75, 3.05) is 0 Å². The number of aliphatic hydroxyl groups is 2. The Morgan fingerprint density at radius 1 is 1.19 bits per heavy atom. The Bertz CT molecular complexity index is 1020. The molecule has 1 saturated carbocycles. The number of benzene rings is 2. The van der Waals surface area contributed by atoms with E-state index in [1.54, 1.807) is 6.08 Å². The van der Waals surface area contributed by atoms with Crippen molar-refractivity contribution in [1.82, 2.24) is 0 Å². The summed E-state index contributed by atoms with van der Waals surface area (Å²) in [5.74, 6) is -1.26. The molecule has 4 rings (SSSR count). The summed E-state index contributed by atoms with van der Waals surface area (Å²) in [5.41, 5.74) is 4.50. The smallest absolute Gasteiger partial charge is 0.550 e. The van der Waals surface area contributed by atoms with Crippen LogP contribution >= 0.6 is 0 Å². The molecule has 2 aromatic rings. The second kappa shape index (κ2) is 10.4. The van der Waals surface area contributed by atoms with Crippen LogP contribution in [0.1, 0.15) is 54.7 Å². The molecule has 0 radical (unpaired) electrons. The van der Waals surface area contributed by atoms with E-state index in [9.17, 15) is 24.5 Å². The van der Waals surface area contributed by atoms with Gasteiger partial charge in [-0.2, -0.15) is 0 Å². The monoisotopic (exact) mass is 444 g/mol. The molecule has 4 unspecified atom stereocenters. The van der Waals surface area contributed by atoms with Crippen LogP contribution in [-0.4, -0.2) is 28.4 Å². The molecule has 0 saturated heterocycles. The second-order valence-corrected chi connectivity index (χ2v) is 8.65. The van der Waals surface area contributed by atoms with Gasteiger partial charge >= 0.3 is 29.6 Å². The van der Waals surface area contributed by atoms with Gasteiger partial charge in [0.1, 0.15) is 5.82 Å². The van der Waals surface area contributed by atoms with Crippen LogP contribution in [0.2, 0.25) is 0 Å². The first kappa shape index (κ1) is 24.9. The van der Waals surface area contributed by atoms with E-state index < -0.39 is 24.6 Å². The number of hydrogen-bond acceptors (Lipinski definition) is 4. The Morgan fingerprint density at radius 3 is 2.62 bits per heavy atom. The first-order valence-electron chi connectivity index (χ1n) is 10.7. The predicted octanol–water partition coefficient (Wildman–Crippen LogP) is 0.240. The zero-order valence-electron chi connectivity index (χ0n) is 18.2. The first-order chi connectivity index (χ1) is 14.9. The number of carboxylic acids is 1.